The van der Waals surface area contributed by atoms with E-state index in [0.29, 0.717) is 5.92 Å². The first kappa shape index (κ1) is 18.0. The fourth-order valence-electron chi connectivity index (χ4n) is 4.96. The minimum Gasteiger partial charge on any atom is -0.344 e. The lowest BCUT2D eigenvalue weighted by Gasteiger charge is -2.28. The monoisotopic (exact) mass is 377 g/mol. The number of rotatable bonds is 3. The van der Waals surface area contributed by atoms with Crippen molar-refractivity contribution in [3.05, 3.63) is 108 Å². The average molecular weight is 378 g/mol. The highest BCUT2D eigenvalue weighted by Crippen LogP contribution is 2.50. The molecule has 0 N–H and O–H groups in total. The minimum absolute atomic E-state index is 0.0270. The van der Waals surface area contributed by atoms with E-state index in [2.05, 4.69) is 117 Å². The molecule has 0 heterocycles. The molecular formula is C28H27N. The van der Waals surface area contributed by atoms with Crippen LogP contribution >= 0.6 is 0 Å². The Labute approximate surface area is 174 Å². The van der Waals surface area contributed by atoms with Crippen LogP contribution in [0.4, 0.5) is 11.4 Å². The Hall–Kier alpha value is -3.06. The zero-order valence-corrected chi connectivity index (χ0v) is 17.4. The molecule has 0 spiro atoms. The van der Waals surface area contributed by atoms with Crippen molar-refractivity contribution in [1.82, 2.24) is 0 Å². The van der Waals surface area contributed by atoms with Crippen LogP contribution in [0.15, 0.2) is 91.0 Å². The summed E-state index contributed by atoms with van der Waals surface area (Å²) in [6.07, 6.45) is 9.95. The molecule has 0 bridgehead atoms. The highest BCUT2D eigenvalue weighted by Gasteiger charge is 2.35. The molecule has 1 nitrogen and oxygen atoms in total. The van der Waals surface area contributed by atoms with Gasteiger partial charge < -0.3 is 4.90 Å². The van der Waals surface area contributed by atoms with E-state index in [1.807, 2.05) is 0 Å². The summed E-state index contributed by atoms with van der Waals surface area (Å²) in [7, 11) is 2.19. The largest absolute Gasteiger partial charge is 0.344 e. The van der Waals surface area contributed by atoms with Gasteiger partial charge in [0.2, 0.25) is 0 Å². The SMILES string of the molecule is CN(c1ccc2c(c1)C(C)(C)c1ccccc1-2)c1ccccc1C1C=CC=CC1. The van der Waals surface area contributed by atoms with Crippen molar-refractivity contribution >= 4 is 11.4 Å². The van der Waals surface area contributed by atoms with Crippen molar-refractivity contribution in [3.8, 4) is 11.1 Å². The van der Waals surface area contributed by atoms with Crippen LogP contribution in [0, 0.1) is 0 Å². The lowest BCUT2D eigenvalue weighted by molar-refractivity contribution is 0.660. The molecule has 29 heavy (non-hydrogen) atoms. The molecule has 3 aromatic rings. The van der Waals surface area contributed by atoms with Crippen molar-refractivity contribution in [3.63, 3.8) is 0 Å². The van der Waals surface area contributed by atoms with Gasteiger partial charge in [0.25, 0.3) is 0 Å². The molecule has 3 aromatic carbocycles. The van der Waals surface area contributed by atoms with Gasteiger partial charge in [-0.2, -0.15) is 0 Å². The van der Waals surface area contributed by atoms with Gasteiger partial charge in [0.1, 0.15) is 0 Å². The molecule has 0 saturated carbocycles. The lowest BCUT2D eigenvalue weighted by atomic mass is 9.82. The molecule has 144 valence electrons. The molecule has 2 aliphatic carbocycles. The van der Waals surface area contributed by atoms with Crippen molar-refractivity contribution in [2.24, 2.45) is 0 Å². The fourth-order valence-corrected chi connectivity index (χ4v) is 4.96. The maximum Gasteiger partial charge on any atom is 0.0446 e. The quantitative estimate of drug-likeness (QED) is 0.461. The first-order chi connectivity index (χ1) is 14.1. The predicted molar refractivity (Wildman–Crippen MR) is 124 cm³/mol. The van der Waals surface area contributed by atoms with Gasteiger partial charge in [0, 0.05) is 29.8 Å². The zero-order valence-electron chi connectivity index (χ0n) is 17.4. The normalized spacial score (nSPS) is 18.4. The number of fused-ring (bicyclic) bond motifs is 3. The molecule has 2 aliphatic rings. The molecule has 0 aromatic heterocycles. The second-order valence-electron chi connectivity index (χ2n) is 8.67. The molecule has 0 amide bonds. The Morgan fingerprint density at radius 3 is 2.41 bits per heavy atom. The zero-order chi connectivity index (χ0) is 20.0. The molecule has 0 saturated heterocycles. The van der Waals surface area contributed by atoms with Crippen LogP contribution in [0.3, 0.4) is 0 Å². The van der Waals surface area contributed by atoms with Gasteiger partial charge in [0.05, 0.1) is 0 Å². The average Bonchev–Trinajstić information content (AvgIpc) is 3.01. The molecule has 0 aliphatic heterocycles. The van der Waals surface area contributed by atoms with Gasteiger partial charge in [0.15, 0.2) is 0 Å². The van der Waals surface area contributed by atoms with E-state index in [4.69, 9.17) is 0 Å². The van der Waals surface area contributed by atoms with Gasteiger partial charge in [-0.25, -0.2) is 0 Å². The topological polar surface area (TPSA) is 3.24 Å². The summed E-state index contributed by atoms with van der Waals surface area (Å²) in [6.45, 7) is 4.68. The summed E-state index contributed by atoms with van der Waals surface area (Å²) < 4.78 is 0. The minimum atomic E-state index is 0.0270. The van der Waals surface area contributed by atoms with Crippen LogP contribution in [-0.2, 0) is 5.41 Å². The van der Waals surface area contributed by atoms with E-state index in [-0.39, 0.29) is 5.41 Å². The number of hydrogen-bond donors (Lipinski definition) is 0. The number of para-hydroxylation sites is 1. The molecule has 5 rings (SSSR count). The lowest BCUT2D eigenvalue weighted by Crippen LogP contribution is -2.17. The van der Waals surface area contributed by atoms with Gasteiger partial charge in [-0.05, 0) is 52.4 Å². The maximum absolute atomic E-state index is 2.39. The Kier molecular flexibility index (Phi) is 4.20. The maximum atomic E-state index is 2.39. The van der Waals surface area contributed by atoms with Crippen molar-refractivity contribution < 1.29 is 0 Å². The fraction of sp³-hybridized carbons (Fsp3) is 0.214. The van der Waals surface area contributed by atoms with Crippen LogP contribution in [0.5, 0.6) is 0 Å². The molecular weight excluding hydrogens is 350 g/mol. The molecule has 0 radical (unpaired) electrons. The van der Waals surface area contributed by atoms with E-state index in [9.17, 15) is 0 Å². The van der Waals surface area contributed by atoms with Crippen molar-refractivity contribution in [2.75, 3.05) is 11.9 Å². The summed E-state index contributed by atoms with van der Waals surface area (Å²) in [4.78, 5) is 2.35. The van der Waals surface area contributed by atoms with Crippen LogP contribution in [0.2, 0.25) is 0 Å². The number of allylic oxidation sites excluding steroid dienone is 4. The second-order valence-corrected chi connectivity index (χ2v) is 8.67. The number of hydrogen-bond acceptors (Lipinski definition) is 1. The Morgan fingerprint density at radius 2 is 1.59 bits per heavy atom. The standard InChI is InChI=1S/C28H27N/c1-28(2)25-15-9-7-14-23(25)24-18-17-21(19-26(24)28)29(3)27-16-10-8-13-22(27)20-11-5-4-6-12-20/h4-11,13-20H,12H2,1-3H3. The molecule has 1 unspecified atom stereocenters. The summed E-state index contributed by atoms with van der Waals surface area (Å²) >= 11 is 0. The summed E-state index contributed by atoms with van der Waals surface area (Å²) in [5.74, 6) is 0.439. The van der Waals surface area contributed by atoms with E-state index in [0.717, 1.165) is 6.42 Å². The first-order valence-electron chi connectivity index (χ1n) is 10.5. The first-order valence-corrected chi connectivity index (χ1v) is 10.5. The van der Waals surface area contributed by atoms with E-state index in [1.54, 1.807) is 0 Å². The van der Waals surface area contributed by atoms with Crippen LogP contribution < -0.4 is 4.90 Å². The molecule has 0 fully saturated rings. The highest BCUT2D eigenvalue weighted by atomic mass is 15.1. The summed E-state index contributed by atoms with van der Waals surface area (Å²) in [5.41, 5.74) is 9.53. The van der Waals surface area contributed by atoms with Crippen molar-refractivity contribution in [2.45, 2.75) is 31.6 Å². The van der Waals surface area contributed by atoms with Gasteiger partial charge in [-0.15, -0.1) is 0 Å². The summed E-state index contributed by atoms with van der Waals surface area (Å²) in [6, 6.07) is 24.6. The Morgan fingerprint density at radius 1 is 0.828 bits per heavy atom. The Bertz CT molecular complexity index is 1130. The third-order valence-corrected chi connectivity index (χ3v) is 6.63. The molecule has 1 heteroatoms. The predicted octanol–water partition coefficient (Wildman–Crippen LogP) is 7.36. The van der Waals surface area contributed by atoms with Gasteiger partial charge in [-0.3, -0.25) is 0 Å². The summed E-state index contributed by atoms with van der Waals surface area (Å²) in [5, 5.41) is 0. The van der Waals surface area contributed by atoms with E-state index < -0.39 is 0 Å². The van der Waals surface area contributed by atoms with Crippen LogP contribution in [0.1, 0.15) is 42.9 Å². The van der Waals surface area contributed by atoms with Crippen LogP contribution in [-0.4, -0.2) is 7.05 Å². The second kappa shape index (κ2) is 6.77. The van der Waals surface area contributed by atoms with Crippen molar-refractivity contribution in [1.29, 1.82) is 0 Å². The van der Waals surface area contributed by atoms with Gasteiger partial charge in [-0.1, -0.05) is 86.7 Å². The van der Waals surface area contributed by atoms with E-state index in [1.165, 1.54) is 39.2 Å². The number of nitrogens with zero attached hydrogens (tertiary/aromatic N) is 1. The van der Waals surface area contributed by atoms with Gasteiger partial charge >= 0.3 is 0 Å². The smallest absolute Gasteiger partial charge is 0.0446 e. The number of benzene rings is 3. The third kappa shape index (κ3) is 2.84. The van der Waals surface area contributed by atoms with Crippen LogP contribution in [0.25, 0.3) is 11.1 Å². The van der Waals surface area contributed by atoms with E-state index >= 15 is 0 Å². The molecule has 1 atom stereocenters. The Balaban J connectivity index is 1.57. The third-order valence-electron chi connectivity index (χ3n) is 6.63. The highest BCUT2D eigenvalue weighted by molar-refractivity contribution is 5.83. The number of anilines is 2.